The Morgan fingerprint density at radius 1 is 1.00 bits per heavy atom. The summed E-state index contributed by atoms with van der Waals surface area (Å²) in [4.78, 5) is 8.91. The van der Waals surface area contributed by atoms with E-state index in [1.807, 2.05) is 43.6 Å². The number of nitrogens with zero attached hydrogens (tertiary/aromatic N) is 2. The highest BCUT2D eigenvalue weighted by Crippen LogP contribution is 2.31. The van der Waals surface area contributed by atoms with Gasteiger partial charge in [0.05, 0.1) is 18.7 Å². The number of methoxy groups -OCH3 is 1. The molecular weight excluding hydrogens is 262 g/mol. The third-order valence-electron chi connectivity index (χ3n) is 3.57. The number of rotatable bonds is 4. The summed E-state index contributed by atoms with van der Waals surface area (Å²) >= 11 is 0. The lowest BCUT2D eigenvalue weighted by Gasteiger charge is -2.20. The number of benzene rings is 1. The number of hydrogen-bond donors (Lipinski definition) is 1. The minimum Gasteiger partial charge on any atom is -0.495 e. The molecule has 1 N–H and O–H groups in total. The Morgan fingerprint density at radius 3 is 2.62 bits per heavy atom. The summed E-state index contributed by atoms with van der Waals surface area (Å²) in [6, 6.07) is 13.9. The summed E-state index contributed by atoms with van der Waals surface area (Å²) in [5.74, 6) is 0.776. The van der Waals surface area contributed by atoms with Crippen LogP contribution < -0.4 is 10.1 Å². The molecule has 0 amide bonds. The molecule has 0 radical (unpaired) electrons. The van der Waals surface area contributed by atoms with Gasteiger partial charge in [0.25, 0.3) is 0 Å². The first kappa shape index (κ1) is 13.5. The van der Waals surface area contributed by atoms with Crippen molar-refractivity contribution in [3.05, 3.63) is 66.1 Å². The van der Waals surface area contributed by atoms with E-state index in [1.54, 1.807) is 13.3 Å². The fourth-order valence-electron chi connectivity index (χ4n) is 2.61. The maximum absolute atomic E-state index is 5.44. The maximum atomic E-state index is 5.44. The van der Waals surface area contributed by atoms with Crippen molar-refractivity contribution in [2.24, 2.45) is 0 Å². The second-order valence-electron chi connectivity index (χ2n) is 4.73. The number of pyridine rings is 2. The molecule has 1 unspecified atom stereocenters. The second-order valence-corrected chi connectivity index (χ2v) is 4.73. The lowest BCUT2D eigenvalue weighted by molar-refractivity contribution is 0.402. The fraction of sp³-hybridized carbons (Fsp3) is 0.176. The average molecular weight is 279 g/mol. The Labute approximate surface area is 123 Å². The molecule has 1 aromatic carbocycles. The molecule has 0 aliphatic rings. The summed E-state index contributed by atoms with van der Waals surface area (Å²) in [7, 11) is 3.59. The van der Waals surface area contributed by atoms with Gasteiger partial charge in [0.2, 0.25) is 0 Å². The molecule has 3 rings (SSSR count). The van der Waals surface area contributed by atoms with Crippen molar-refractivity contribution in [3.8, 4) is 5.75 Å². The molecule has 21 heavy (non-hydrogen) atoms. The first-order chi connectivity index (χ1) is 10.3. The zero-order valence-corrected chi connectivity index (χ0v) is 12.1. The van der Waals surface area contributed by atoms with Gasteiger partial charge >= 0.3 is 0 Å². The number of hydrogen-bond acceptors (Lipinski definition) is 4. The van der Waals surface area contributed by atoms with Gasteiger partial charge in [-0.15, -0.1) is 0 Å². The standard InChI is InChI=1S/C17H17N3O/c1-18-16(17-15(21-2)9-5-11-20-17)13-6-3-8-14-12(13)7-4-10-19-14/h3-11,16,18H,1-2H3. The van der Waals surface area contributed by atoms with Gasteiger partial charge in [0, 0.05) is 17.8 Å². The van der Waals surface area contributed by atoms with E-state index in [0.29, 0.717) is 0 Å². The predicted octanol–water partition coefficient (Wildman–Crippen LogP) is 2.95. The van der Waals surface area contributed by atoms with Crippen molar-refractivity contribution in [2.45, 2.75) is 6.04 Å². The highest BCUT2D eigenvalue weighted by molar-refractivity contribution is 5.83. The van der Waals surface area contributed by atoms with Gasteiger partial charge in [-0.3, -0.25) is 9.97 Å². The molecular formula is C17H17N3O. The molecule has 1 atom stereocenters. The van der Waals surface area contributed by atoms with Gasteiger partial charge in [0.15, 0.2) is 0 Å². The second kappa shape index (κ2) is 5.89. The topological polar surface area (TPSA) is 47.0 Å². The van der Waals surface area contributed by atoms with Crippen molar-refractivity contribution in [1.29, 1.82) is 0 Å². The van der Waals surface area contributed by atoms with Crippen LogP contribution in [0.15, 0.2) is 54.9 Å². The summed E-state index contributed by atoms with van der Waals surface area (Å²) in [6.45, 7) is 0. The molecule has 0 saturated heterocycles. The zero-order chi connectivity index (χ0) is 14.7. The van der Waals surface area contributed by atoms with E-state index in [-0.39, 0.29) is 6.04 Å². The van der Waals surface area contributed by atoms with Crippen LogP contribution in [0.4, 0.5) is 0 Å². The van der Waals surface area contributed by atoms with Crippen molar-refractivity contribution >= 4 is 10.9 Å². The minimum absolute atomic E-state index is 0.0472. The molecule has 0 fully saturated rings. The molecule has 0 saturated carbocycles. The number of aromatic nitrogens is 2. The summed E-state index contributed by atoms with van der Waals surface area (Å²) in [5.41, 5.74) is 2.99. The van der Waals surface area contributed by atoms with E-state index < -0.39 is 0 Å². The molecule has 2 aromatic heterocycles. The zero-order valence-electron chi connectivity index (χ0n) is 12.1. The fourth-order valence-corrected chi connectivity index (χ4v) is 2.61. The van der Waals surface area contributed by atoms with Gasteiger partial charge in [-0.05, 0) is 36.9 Å². The monoisotopic (exact) mass is 279 g/mol. The summed E-state index contributed by atoms with van der Waals surface area (Å²) in [5, 5.41) is 4.45. The van der Waals surface area contributed by atoms with Gasteiger partial charge in [-0.25, -0.2) is 0 Å². The predicted molar refractivity (Wildman–Crippen MR) is 83.4 cm³/mol. The van der Waals surface area contributed by atoms with Crippen LogP contribution in [0.2, 0.25) is 0 Å². The number of nitrogens with one attached hydrogen (secondary N) is 1. The molecule has 4 heteroatoms. The van der Waals surface area contributed by atoms with Crippen LogP contribution >= 0.6 is 0 Å². The number of fused-ring (bicyclic) bond motifs is 1. The highest BCUT2D eigenvalue weighted by Gasteiger charge is 2.19. The third-order valence-corrected chi connectivity index (χ3v) is 3.57. The third kappa shape index (κ3) is 2.45. The largest absolute Gasteiger partial charge is 0.495 e. The van der Waals surface area contributed by atoms with E-state index in [0.717, 1.165) is 27.9 Å². The summed E-state index contributed by atoms with van der Waals surface area (Å²) in [6.07, 6.45) is 3.59. The van der Waals surface area contributed by atoms with Gasteiger partial charge < -0.3 is 10.1 Å². The average Bonchev–Trinajstić information content (AvgIpc) is 2.56. The maximum Gasteiger partial charge on any atom is 0.142 e. The number of ether oxygens (including phenoxy) is 1. The SMILES string of the molecule is CNC(c1ncccc1OC)c1cccc2ncccc12. The normalized spacial score (nSPS) is 12.3. The molecule has 0 bridgehead atoms. The lowest BCUT2D eigenvalue weighted by atomic mass is 9.98. The Balaban J connectivity index is 2.19. The molecule has 0 aliphatic carbocycles. The van der Waals surface area contributed by atoms with Crippen LogP contribution in [-0.4, -0.2) is 24.1 Å². The highest BCUT2D eigenvalue weighted by atomic mass is 16.5. The van der Waals surface area contributed by atoms with Crippen LogP contribution in [0.5, 0.6) is 5.75 Å². The van der Waals surface area contributed by atoms with E-state index in [4.69, 9.17) is 4.74 Å². The quantitative estimate of drug-likeness (QED) is 0.797. The first-order valence-corrected chi connectivity index (χ1v) is 6.85. The van der Waals surface area contributed by atoms with Gasteiger partial charge in [-0.2, -0.15) is 0 Å². The smallest absolute Gasteiger partial charge is 0.142 e. The van der Waals surface area contributed by atoms with Crippen LogP contribution in [0.1, 0.15) is 17.3 Å². The molecule has 3 aromatic rings. The van der Waals surface area contributed by atoms with Crippen LogP contribution in [0, 0.1) is 0 Å². The first-order valence-electron chi connectivity index (χ1n) is 6.85. The van der Waals surface area contributed by atoms with Crippen molar-refractivity contribution in [3.63, 3.8) is 0 Å². The van der Waals surface area contributed by atoms with E-state index >= 15 is 0 Å². The van der Waals surface area contributed by atoms with Gasteiger partial charge in [0.1, 0.15) is 11.4 Å². The molecule has 0 aliphatic heterocycles. The van der Waals surface area contributed by atoms with Crippen LogP contribution in [0.3, 0.4) is 0 Å². The summed E-state index contributed by atoms with van der Waals surface area (Å²) < 4.78 is 5.44. The molecule has 4 nitrogen and oxygen atoms in total. The Hall–Kier alpha value is -2.46. The molecule has 2 heterocycles. The molecule has 0 spiro atoms. The Kier molecular flexibility index (Phi) is 3.79. The van der Waals surface area contributed by atoms with E-state index in [9.17, 15) is 0 Å². The van der Waals surface area contributed by atoms with Crippen LogP contribution in [-0.2, 0) is 0 Å². The van der Waals surface area contributed by atoms with Crippen molar-refractivity contribution in [1.82, 2.24) is 15.3 Å². The van der Waals surface area contributed by atoms with E-state index in [2.05, 4.69) is 27.4 Å². The Bertz CT molecular complexity index is 752. The van der Waals surface area contributed by atoms with Crippen LogP contribution in [0.25, 0.3) is 10.9 Å². The molecule has 106 valence electrons. The van der Waals surface area contributed by atoms with Crippen molar-refractivity contribution < 1.29 is 4.74 Å². The lowest BCUT2D eigenvalue weighted by Crippen LogP contribution is -2.20. The van der Waals surface area contributed by atoms with Crippen molar-refractivity contribution in [2.75, 3.05) is 14.2 Å². The van der Waals surface area contributed by atoms with E-state index in [1.165, 1.54) is 0 Å². The Morgan fingerprint density at radius 2 is 1.81 bits per heavy atom. The van der Waals surface area contributed by atoms with Gasteiger partial charge in [-0.1, -0.05) is 18.2 Å². The minimum atomic E-state index is -0.0472.